The van der Waals surface area contributed by atoms with E-state index in [4.69, 9.17) is 9.84 Å². The highest BCUT2D eigenvalue weighted by Gasteiger charge is 2.34. The van der Waals surface area contributed by atoms with Crippen molar-refractivity contribution in [2.24, 2.45) is 0 Å². The van der Waals surface area contributed by atoms with Gasteiger partial charge in [-0.15, -0.1) is 0 Å². The first kappa shape index (κ1) is 16.7. The Kier molecular flexibility index (Phi) is 5.76. The third-order valence-corrected chi connectivity index (χ3v) is 3.81. The van der Waals surface area contributed by atoms with Gasteiger partial charge in [-0.25, -0.2) is 9.59 Å². The van der Waals surface area contributed by atoms with Gasteiger partial charge in [-0.05, 0) is 20.9 Å². The van der Waals surface area contributed by atoms with Crippen LogP contribution in [0.5, 0.6) is 0 Å². The summed E-state index contributed by atoms with van der Waals surface area (Å²) in [6, 6.07) is -1.24. The molecule has 7 nitrogen and oxygen atoms in total. The van der Waals surface area contributed by atoms with Crippen molar-refractivity contribution in [3.63, 3.8) is 0 Å². The molecule has 0 aromatic carbocycles. The van der Waals surface area contributed by atoms with Crippen LogP contribution in [-0.2, 0) is 9.53 Å². The summed E-state index contributed by atoms with van der Waals surface area (Å²) < 4.78 is 4.86. The predicted molar refractivity (Wildman–Crippen MR) is 74.7 cm³/mol. The zero-order valence-corrected chi connectivity index (χ0v) is 12.7. The molecule has 0 spiro atoms. The average Bonchev–Trinajstić information content (AvgIpc) is 2.37. The molecule has 0 aromatic heterocycles. The molecule has 1 atom stereocenters. The molecule has 2 amide bonds. The number of carbonyl (C=O) groups excluding carboxylic acids is 1. The van der Waals surface area contributed by atoms with Gasteiger partial charge in [0.25, 0.3) is 0 Å². The third kappa shape index (κ3) is 4.35. The maximum atomic E-state index is 12.2. The summed E-state index contributed by atoms with van der Waals surface area (Å²) in [6.07, 6.45) is 0.259. The number of likely N-dealkylation sites (N-methyl/N-ethyl adjacent to an activating group) is 1. The summed E-state index contributed by atoms with van der Waals surface area (Å²) in [5.41, 5.74) is -0.110. The number of carboxylic acid groups (broad SMARTS) is 1. The van der Waals surface area contributed by atoms with Gasteiger partial charge in [0.1, 0.15) is 6.04 Å². The smallest absolute Gasteiger partial charge is 0.326 e. The summed E-state index contributed by atoms with van der Waals surface area (Å²) >= 11 is 0. The van der Waals surface area contributed by atoms with Gasteiger partial charge >= 0.3 is 12.0 Å². The Morgan fingerprint density at radius 1 is 1.40 bits per heavy atom. The highest BCUT2D eigenvalue weighted by molar-refractivity contribution is 5.82. The number of hydrogen-bond acceptors (Lipinski definition) is 4. The second kappa shape index (κ2) is 6.90. The first-order chi connectivity index (χ1) is 9.27. The van der Waals surface area contributed by atoms with Gasteiger partial charge in [0.05, 0.1) is 0 Å². The minimum Gasteiger partial charge on any atom is -0.480 e. The topological polar surface area (TPSA) is 82.1 Å². The molecule has 1 unspecified atom stereocenters. The molecule has 0 bridgehead atoms. The molecule has 1 saturated heterocycles. The Balaban J connectivity index is 2.58. The highest BCUT2D eigenvalue weighted by atomic mass is 16.5. The fourth-order valence-electron chi connectivity index (χ4n) is 2.15. The van der Waals surface area contributed by atoms with E-state index in [1.54, 1.807) is 4.90 Å². The number of carboxylic acids is 1. The lowest BCUT2D eigenvalue weighted by Gasteiger charge is -2.45. The Bertz CT molecular complexity index is 360. The van der Waals surface area contributed by atoms with E-state index >= 15 is 0 Å². The molecule has 1 aliphatic rings. The van der Waals surface area contributed by atoms with E-state index in [0.717, 1.165) is 6.54 Å². The predicted octanol–water partition coefficient (Wildman–Crippen LogP) is 0.212. The van der Waals surface area contributed by atoms with Crippen LogP contribution in [0.2, 0.25) is 0 Å². The highest BCUT2D eigenvalue weighted by Crippen LogP contribution is 2.18. The summed E-state index contributed by atoms with van der Waals surface area (Å²) in [5, 5.41) is 11.7. The Labute approximate surface area is 119 Å². The first-order valence-corrected chi connectivity index (χ1v) is 6.76. The molecule has 1 rings (SSSR count). The molecule has 1 fully saturated rings. The SMILES string of the molecule is COCCC(NC(=O)N1CCN(C)C(C)(C)C1)C(=O)O. The summed E-state index contributed by atoms with van der Waals surface area (Å²) in [5.74, 6) is -1.04. The van der Waals surface area contributed by atoms with Gasteiger partial charge in [0.2, 0.25) is 0 Å². The van der Waals surface area contributed by atoms with E-state index in [9.17, 15) is 9.59 Å². The second-order valence-corrected chi connectivity index (χ2v) is 5.78. The number of ether oxygens (including phenoxy) is 1. The van der Waals surface area contributed by atoms with Crippen molar-refractivity contribution in [2.75, 3.05) is 40.4 Å². The quantitative estimate of drug-likeness (QED) is 0.755. The van der Waals surface area contributed by atoms with Gasteiger partial charge in [-0.2, -0.15) is 0 Å². The number of nitrogens with one attached hydrogen (secondary N) is 1. The molecular formula is C13H25N3O4. The third-order valence-electron chi connectivity index (χ3n) is 3.81. The molecule has 2 N–H and O–H groups in total. The Morgan fingerprint density at radius 3 is 2.55 bits per heavy atom. The van der Waals surface area contributed by atoms with Crippen molar-refractivity contribution in [3.05, 3.63) is 0 Å². The van der Waals surface area contributed by atoms with Crippen LogP contribution in [0.4, 0.5) is 4.79 Å². The molecule has 0 aliphatic carbocycles. The van der Waals surface area contributed by atoms with Crippen LogP contribution in [-0.4, -0.2) is 78.9 Å². The van der Waals surface area contributed by atoms with Crippen molar-refractivity contribution >= 4 is 12.0 Å². The lowest BCUT2D eigenvalue weighted by atomic mass is 10.00. The van der Waals surface area contributed by atoms with E-state index in [0.29, 0.717) is 19.7 Å². The van der Waals surface area contributed by atoms with Crippen molar-refractivity contribution in [1.29, 1.82) is 0 Å². The van der Waals surface area contributed by atoms with Gasteiger partial charge in [-0.1, -0.05) is 0 Å². The standard InChI is InChI=1S/C13H25N3O4/c1-13(2)9-16(7-6-15(13)3)12(19)14-10(11(17)18)5-8-20-4/h10H,5-9H2,1-4H3,(H,14,19)(H,17,18). The number of aliphatic carboxylic acids is 1. The summed E-state index contributed by atoms with van der Waals surface area (Å²) in [7, 11) is 3.53. The average molecular weight is 287 g/mol. The largest absolute Gasteiger partial charge is 0.480 e. The molecule has 0 saturated carbocycles. The normalized spacial score (nSPS) is 20.5. The number of hydrogen-bond donors (Lipinski definition) is 2. The van der Waals surface area contributed by atoms with E-state index < -0.39 is 12.0 Å². The van der Waals surface area contributed by atoms with Crippen LogP contribution in [0.3, 0.4) is 0 Å². The molecule has 116 valence electrons. The van der Waals surface area contributed by atoms with Crippen LogP contribution in [0.1, 0.15) is 20.3 Å². The van der Waals surface area contributed by atoms with E-state index in [-0.39, 0.29) is 18.0 Å². The van der Waals surface area contributed by atoms with Gasteiger partial charge < -0.3 is 20.1 Å². The lowest BCUT2D eigenvalue weighted by molar-refractivity contribution is -0.139. The molecule has 7 heteroatoms. The molecule has 1 heterocycles. The van der Waals surface area contributed by atoms with Gasteiger partial charge in [0.15, 0.2) is 0 Å². The van der Waals surface area contributed by atoms with Crippen LogP contribution < -0.4 is 5.32 Å². The first-order valence-electron chi connectivity index (χ1n) is 6.76. The second-order valence-electron chi connectivity index (χ2n) is 5.78. The minimum absolute atomic E-state index is 0.110. The summed E-state index contributed by atoms with van der Waals surface area (Å²) in [4.78, 5) is 27.1. The monoisotopic (exact) mass is 287 g/mol. The lowest BCUT2D eigenvalue weighted by Crippen LogP contribution is -2.61. The number of rotatable bonds is 5. The van der Waals surface area contributed by atoms with Crippen molar-refractivity contribution in [3.8, 4) is 0 Å². The van der Waals surface area contributed by atoms with Crippen LogP contribution >= 0.6 is 0 Å². The van der Waals surface area contributed by atoms with Crippen molar-refractivity contribution < 1.29 is 19.4 Å². The van der Waals surface area contributed by atoms with E-state index in [2.05, 4.69) is 24.1 Å². The number of carbonyl (C=O) groups is 2. The van der Waals surface area contributed by atoms with Crippen LogP contribution in [0, 0.1) is 0 Å². The minimum atomic E-state index is -1.04. The maximum absolute atomic E-state index is 12.2. The molecule has 0 radical (unpaired) electrons. The van der Waals surface area contributed by atoms with Crippen LogP contribution in [0.15, 0.2) is 0 Å². The van der Waals surface area contributed by atoms with Gasteiger partial charge in [-0.3, -0.25) is 4.90 Å². The molecular weight excluding hydrogens is 262 g/mol. The van der Waals surface area contributed by atoms with Crippen LogP contribution in [0.25, 0.3) is 0 Å². The fraction of sp³-hybridized carbons (Fsp3) is 0.846. The number of urea groups is 1. The van der Waals surface area contributed by atoms with Gasteiger partial charge in [0, 0.05) is 45.3 Å². The number of nitrogens with zero attached hydrogens (tertiary/aromatic N) is 2. The molecule has 0 aromatic rings. The van der Waals surface area contributed by atoms with E-state index in [1.165, 1.54) is 7.11 Å². The Hall–Kier alpha value is -1.34. The maximum Gasteiger partial charge on any atom is 0.326 e. The number of methoxy groups -OCH3 is 1. The van der Waals surface area contributed by atoms with Crippen molar-refractivity contribution in [1.82, 2.24) is 15.1 Å². The fourth-order valence-corrected chi connectivity index (χ4v) is 2.15. The summed E-state index contributed by atoms with van der Waals surface area (Å²) in [6.45, 7) is 6.37. The number of piperazine rings is 1. The Morgan fingerprint density at radius 2 is 2.05 bits per heavy atom. The number of amides is 2. The molecule has 1 aliphatic heterocycles. The molecule has 20 heavy (non-hydrogen) atoms. The van der Waals surface area contributed by atoms with Crippen molar-refractivity contribution in [2.45, 2.75) is 31.8 Å². The zero-order valence-electron chi connectivity index (χ0n) is 12.7. The van der Waals surface area contributed by atoms with E-state index in [1.807, 2.05) is 7.05 Å². The zero-order chi connectivity index (χ0) is 15.3.